The van der Waals surface area contributed by atoms with Gasteiger partial charge in [0.05, 0.1) is 16.2 Å². The number of carbonyl (C=O) groups is 1. The second kappa shape index (κ2) is 5.07. The number of benzene rings is 1. The number of fused-ring (bicyclic) bond motifs is 1. The Balaban J connectivity index is 2.20. The summed E-state index contributed by atoms with van der Waals surface area (Å²) in [6.07, 6.45) is 0.684. The standard InChI is InChI=1S/C16H12N2O4/c1-2-9-5-3-7-11(17-9)14-15(19)10-6-4-8-12(18(21)22)13(10)16(14)20/h3-8,19H,2H2,1H3. The maximum atomic E-state index is 12.6. The largest absolute Gasteiger partial charge is 0.506 e. The van der Waals surface area contributed by atoms with Crippen LogP contribution in [-0.2, 0) is 6.42 Å². The van der Waals surface area contributed by atoms with E-state index < -0.39 is 10.7 Å². The Labute approximate surface area is 125 Å². The number of hydrogen-bond donors (Lipinski definition) is 1. The smallest absolute Gasteiger partial charge is 0.281 e. The summed E-state index contributed by atoms with van der Waals surface area (Å²) in [5.74, 6) is -0.829. The van der Waals surface area contributed by atoms with Crippen LogP contribution in [0.2, 0.25) is 0 Å². The van der Waals surface area contributed by atoms with Gasteiger partial charge in [-0.25, -0.2) is 0 Å². The molecule has 6 heteroatoms. The zero-order valence-corrected chi connectivity index (χ0v) is 11.7. The molecule has 0 bridgehead atoms. The van der Waals surface area contributed by atoms with E-state index in [-0.39, 0.29) is 28.1 Å². The van der Waals surface area contributed by atoms with Crippen LogP contribution in [-0.4, -0.2) is 20.8 Å². The Morgan fingerprint density at radius 3 is 2.64 bits per heavy atom. The molecule has 1 N–H and O–H groups in total. The molecule has 22 heavy (non-hydrogen) atoms. The molecule has 0 aliphatic heterocycles. The summed E-state index contributed by atoms with van der Waals surface area (Å²) in [5.41, 5.74) is 0.903. The minimum atomic E-state index is -0.622. The molecule has 6 nitrogen and oxygen atoms in total. The molecule has 1 aromatic carbocycles. The van der Waals surface area contributed by atoms with Crippen molar-refractivity contribution in [2.75, 3.05) is 0 Å². The van der Waals surface area contributed by atoms with E-state index in [1.54, 1.807) is 12.1 Å². The topological polar surface area (TPSA) is 93.3 Å². The molecule has 0 fully saturated rings. The predicted molar refractivity (Wildman–Crippen MR) is 80.5 cm³/mol. The van der Waals surface area contributed by atoms with Crippen LogP contribution in [0.25, 0.3) is 11.3 Å². The number of allylic oxidation sites excluding steroid dienone is 1. The number of nitro groups is 1. The van der Waals surface area contributed by atoms with E-state index in [1.807, 2.05) is 13.0 Å². The molecule has 0 unspecified atom stereocenters. The number of hydrogen-bond acceptors (Lipinski definition) is 5. The minimum absolute atomic E-state index is 0.0135. The lowest BCUT2D eigenvalue weighted by molar-refractivity contribution is -0.385. The fraction of sp³-hybridized carbons (Fsp3) is 0.125. The van der Waals surface area contributed by atoms with Gasteiger partial charge in [0.1, 0.15) is 11.3 Å². The van der Waals surface area contributed by atoms with Crippen LogP contribution in [0.5, 0.6) is 0 Å². The highest BCUT2D eigenvalue weighted by atomic mass is 16.6. The average Bonchev–Trinajstić information content (AvgIpc) is 2.79. The van der Waals surface area contributed by atoms with Crippen LogP contribution in [0.4, 0.5) is 5.69 Å². The fourth-order valence-corrected chi connectivity index (χ4v) is 2.55. The number of ketones is 1. The molecule has 0 atom stereocenters. The zero-order valence-electron chi connectivity index (χ0n) is 11.7. The summed E-state index contributed by atoms with van der Waals surface area (Å²) in [6, 6.07) is 9.36. The van der Waals surface area contributed by atoms with Crippen molar-refractivity contribution in [1.82, 2.24) is 4.98 Å². The monoisotopic (exact) mass is 296 g/mol. The lowest BCUT2D eigenvalue weighted by Crippen LogP contribution is -2.04. The van der Waals surface area contributed by atoms with Gasteiger partial charge in [-0.15, -0.1) is 0 Å². The van der Waals surface area contributed by atoms with Crippen molar-refractivity contribution in [1.29, 1.82) is 0 Å². The van der Waals surface area contributed by atoms with E-state index in [0.29, 0.717) is 12.1 Å². The first kappa shape index (κ1) is 13.9. The van der Waals surface area contributed by atoms with Crippen LogP contribution < -0.4 is 0 Å². The van der Waals surface area contributed by atoms with E-state index in [9.17, 15) is 20.0 Å². The molecule has 0 saturated carbocycles. The third-order valence-electron chi connectivity index (χ3n) is 3.61. The van der Waals surface area contributed by atoms with Gasteiger partial charge in [0.15, 0.2) is 0 Å². The maximum absolute atomic E-state index is 12.6. The van der Waals surface area contributed by atoms with Gasteiger partial charge in [-0.05, 0) is 24.6 Å². The first-order valence-corrected chi connectivity index (χ1v) is 6.76. The second-order valence-electron chi connectivity index (χ2n) is 4.88. The summed E-state index contributed by atoms with van der Waals surface area (Å²) >= 11 is 0. The first-order valence-electron chi connectivity index (χ1n) is 6.76. The molecule has 1 heterocycles. The van der Waals surface area contributed by atoms with Crippen molar-refractivity contribution < 1.29 is 14.8 Å². The molecule has 1 aliphatic carbocycles. The number of aliphatic hydroxyl groups is 1. The highest BCUT2D eigenvalue weighted by molar-refractivity contribution is 6.39. The molecule has 2 aromatic rings. The number of Topliss-reactive ketones (excluding diaryl/α,β-unsaturated/α-hetero) is 1. The van der Waals surface area contributed by atoms with Gasteiger partial charge in [0.2, 0.25) is 5.78 Å². The molecule has 0 spiro atoms. The van der Waals surface area contributed by atoms with Gasteiger partial charge < -0.3 is 5.11 Å². The molecule has 1 aliphatic rings. The van der Waals surface area contributed by atoms with E-state index >= 15 is 0 Å². The highest BCUT2D eigenvalue weighted by Gasteiger charge is 2.37. The second-order valence-corrected chi connectivity index (χ2v) is 4.88. The Bertz CT molecular complexity index is 840. The lowest BCUT2D eigenvalue weighted by Gasteiger charge is -2.03. The van der Waals surface area contributed by atoms with Crippen molar-refractivity contribution in [2.45, 2.75) is 13.3 Å². The molecule has 0 radical (unpaired) electrons. The number of aryl methyl sites for hydroxylation is 1. The normalized spacial score (nSPS) is 13.4. The maximum Gasteiger partial charge on any atom is 0.281 e. The van der Waals surface area contributed by atoms with E-state index in [0.717, 1.165) is 5.69 Å². The summed E-state index contributed by atoms with van der Waals surface area (Å²) in [6.45, 7) is 1.93. The van der Waals surface area contributed by atoms with Crippen molar-refractivity contribution in [3.05, 3.63) is 69.0 Å². The molecule has 3 rings (SSSR count). The Morgan fingerprint density at radius 2 is 1.95 bits per heavy atom. The Morgan fingerprint density at radius 1 is 1.23 bits per heavy atom. The van der Waals surface area contributed by atoms with Crippen LogP contribution in [0.1, 0.15) is 34.2 Å². The van der Waals surface area contributed by atoms with Crippen molar-refractivity contribution in [3.63, 3.8) is 0 Å². The number of carbonyl (C=O) groups excluding carboxylic acids is 1. The van der Waals surface area contributed by atoms with Crippen LogP contribution in [0, 0.1) is 10.1 Å². The van der Waals surface area contributed by atoms with Crippen LogP contribution in [0.3, 0.4) is 0 Å². The number of pyridine rings is 1. The fourth-order valence-electron chi connectivity index (χ4n) is 2.55. The average molecular weight is 296 g/mol. The predicted octanol–water partition coefficient (Wildman–Crippen LogP) is 3.17. The van der Waals surface area contributed by atoms with Gasteiger partial charge in [0.25, 0.3) is 5.69 Å². The third kappa shape index (κ3) is 1.96. The molecule has 1 aromatic heterocycles. The van der Waals surface area contributed by atoms with Gasteiger partial charge in [-0.1, -0.05) is 19.1 Å². The minimum Gasteiger partial charge on any atom is -0.506 e. The third-order valence-corrected chi connectivity index (χ3v) is 3.61. The Hall–Kier alpha value is -3.02. The summed E-state index contributed by atoms with van der Waals surface area (Å²) < 4.78 is 0. The van der Waals surface area contributed by atoms with E-state index in [4.69, 9.17) is 0 Å². The molecule has 0 saturated heterocycles. The van der Waals surface area contributed by atoms with Gasteiger partial charge in [-0.3, -0.25) is 19.9 Å². The highest BCUT2D eigenvalue weighted by Crippen LogP contribution is 2.40. The number of nitro benzene ring substituents is 1. The lowest BCUT2D eigenvalue weighted by atomic mass is 10.0. The van der Waals surface area contributed by atoms with Crippen molar-refractivity contribution >= 4 is 22.8 Å². The van der Waals surface area contributed by atoms with Gasteiger partial charge in [-0.2, -0.15) is 0 Å². The number of aliphatic hydroxyl groups excluding tert-OH is 1. The molecule has 0 amide bonds. The molecular formula is C16H12N2O4. The number of nitrogens with zero attached hydrogens (tertiary/aromatic N) is 2. The van der Waals surface area contributed by atoms with Gasteiger partial charge >= 0.3 is 0 Å². The molecule has 110 valence electrons. The number of rotatable bonds is 3. The van der Waals surface area contributed by atoms with E-state index in [1.165, 1.54) is 18.2 Å². The van der Waals surface area contributed by atoms with Crippen molar-refractivity contribution in [2.24, 2.45) is 0 Å². The zero-order chi connectivity index (χ0) is 15.9. The summed E-state index contributed by atoms with van der Waals surface area (Å²) in [4.78, 5) is 27.4. The summed E-state index contributed by atoms with van der Waals surface area (Å²) in [5, 5.41) is 21.4. The van der Waals surface area contributed by atoms with Crippen LogP contribution >= 0.6 is 0 Å². The Kier molecular flexibility index (Phi) is 3.21. The van der Waals surface area contributed by atoms with Crippen molar-refractivity contribution in [3.8, 4) is 0 Å². The first-order chi connectivity index (χ1) is 10.5. The molecular weight excluding hydrogens is 284 g/mol. The van der Waals surface area contributed by atoms with Gasteiger partial charge in [0, 0.05) is 17.3 Å². The SMILES string of the molecule is CCc1cccc(C2=C(O)c3cccc([N+](=O)[O-])c3C2=O)n1. The summed E-state index contributed by atoms with van der Waals surface area (Å²) in [7, 11) is 0. The van der Waals surface area contributed by atoms with Crippen LogP contribution in [0.15, 0.2) is 36.4 Å². The van der Waals surface area contributed by atoms with E-state index in [2.05, 4.69) is 4.98 Å². The quantitative estimate of drug-likeness (QED) is 0.693. The number of aromatic nitrogens is 1.